The SMILES string of the molecule is CCC1CCCN(C(=O)C(C)Oc2cccc(C#N)c2)C1. The third-order valence-electron chi connectivity index (χ3n) is 4.03. The lowest BCUT2D eigenvalue weighted by Crippen LogP contribution is -2.45. The van der Waals surface area contributed by atoms with Gasteiger partial charge in [0.05, 0.1) is 11.6 Å². The Morgan fingerprint density at radius 3 is 3.10 bits per heavy atom. The van der Waals surface area contributed by atoms with Crippen LogP contribution >= 0.6 is 0 Å². The molecule has 2 rings (SSSR count). The quantitative estimate of drug-likeness (QED) is 0.855. The summed E-state index contributed by atoms with van der Waals surface area (Å²) in [6.45, 7) is 5.60. The van der Waals surface area contributed by atoms with Crippen molar-refractivity contribution in [1.29, 1.82) is 5.26 Å². The Morgan fingerprint density at radius 2 is 2.38 bits per heavy atom. The van der Waals surface area contributed by atoms with Gasteiger partial charge in [0.15, 0.2) is 6.10 Å². The van der Waals surface area contributed by atoms with Gasteiger partial charge in [-0.05, 0) is 43.9 Å². The number of hydrogen-bond acceptors (Lipinski definition) is 3. The van der Waals surface area contributed by atoms with Crippen molar-refractivity contribution in [1.82, 2.24) is 4.90 Å². The highest BCUT2D eigenvalue weighted by atomic mass is 16.5. The Hall–Kier alpha value is -2.02. The molecule has 21 heavy (non-hydrogen) atoms. The second-order valence-electron chi connectivity index (χ2n) is 5.60. The summed E-state index contributed by atoms with van der Waals surface area (Å²) >= 11 is 0. The molecule has 0 N–H and O–H groups in total. The van der Waals surface area contributed by atoms with Crippen LogP contribution in [0.1, 0.15) is 38.7 Å². The molecule has 1 fully saturated rings. The molecule has 2 unspecified atom stereocenters. The highest BCUT2D eigenvalue weighted by Crippen LogP contribution is 2.21. The van der Waals surface area contributed by atoms with Gasteiger partial charge in [0.2, 0.25) is 0 Å². The van der Waals surface area contributed by atoms with Gasteiger partial charge < -0.3 is 9.64 Å². The molecule has 4 heteroatoms. The summed E-state index contributed by atoms with van der Waals surface area (Å²) in [4.78, 5) is 14.4. The number of hydrogen-bond donors (Lipinski definition) is 0. The van der Waals surface area contributed by atoms with Crippen LogP contribution in [-0.4, -0.2) is 30.0 Å². The summed E-state index contributed by atoms with van der Waals surface area (Å²) in [7, 11) is 0. The molecule has 1 aliphatic heterocycles. The molecule has 112 valence electrons. The minimum atomic E-state index is -0.519. The number of benzene rings is 1. The van der Waals surface area contributed by atoms with Gasteiger partial charge in [0, 0.05) is 13.1 Å². The fourth-order valence-corrected chi connectivity index (χ4v) is 2.75. The average molecular weight is 286 g/mol. The largest absolute Gasteiger partial charge is 0.481 e. The molecular formula is C17H22N2O2. The Kier molecular flexibility index (Phi) is 5.21. The molecule has 4 nitrogen and oxygen atoms in total. The molecule has 1 heterocycles. The van der Waals surface area contributed by atoms with Gasteiger partial charge in [-0.2, -0.15) is 5.26 Å². The fourth-order valence-electron chi connectivity index (χ4n) is 2.75. The fraction of sp³-hybridized carbons (Fsp3) is 0.529. The van der Waals surface area contributed by atoms with E-state index in [1.807, 2.05) is 4.90 Å². The van der Waals surface area contributed by atoms with Crippen LogP contribution in [0.3, 0.4) is 0 Å². The Labute approximate surface area is 126 Å². The van der Waals surface area contributed by atoms with Crippen LogP contribution < -0.4 is 4.74 Å². The van der Waals surface area contributed by atoms with E-state index in [4.69, 9.17) is 10.00 Å². The number of amides is 1. The highest BCUT2D eigenvalue weighted by molar-refractivity contribution is 5.81. The number of carbonyl (C=O) groups is 1. The van der Waals surface area contributed by atoms with E-state index >= 15 is 0 Å². The Bertz CT molecular complexity index is 536. The van der Waals surface area contributed by atoms with Gasteiger partial charge in [0.1, 0.15) is 5.75 Å². The van der Waals surface area contributed by atoms with Crippen molar-refractivity contribution in [2.45, 2.75) is 39.2 Å². The molecule has 1 saturated heterocycles. The lowest BCUT2D eigenvalue weighted by Gasteiger charge is -2.33. The highest BCUT2D eigenvalue weighted by Gasteiger charge is 2.27. The molecule has 0 spiro atoms. The normalized spacial score (nSPS) is 19.7. The van der Waals surface area contributed by atoms with Gasteiger partial charge >= 0.3 is 0 Å². The van der Waals surface area contributed by atoms with Crippen LogP contribution in [0.25, 0.3) is 0 Å². The van der Waals surface area contributed by atoms with Crippen molar-refractivity contribution < 1.29 is 9.53 Å². The zero-order valence-corrected chi connectivity index (χ0v) is 12.7. The minimum Gasteiger partial charge on any atom is -0.481 e. The summed E-state index contributed by atoms with van der Waals surface area (Å²) in [5.41, 5.74) is 0.538. The van der Waals surface area contributed by atoms with Crippen LogP contribution in [0, 0.1) is 17.2 Å². The smallest absolute Gasteiger partial charge is 0.263 e. The number of rotatable bonds is 4. The van der Waals surface area contributed by atoms with Crippen LogP contribution in [-0.2, 0) is 4.79 Å². The summed E-state index contributed by atoms with van der Waals surface area (Å²) in [5, 5.41) is 8.88. The second kappa shape index (κ2) is 7.12. The summed E-state index contributed by atoms with van der Waals surface area (Å²) in [6.07, 6.45) is 2.87. The summed E-state index contributed by atoms with van der Waals surface area (Å²) in [5.74, 6) is 1.21. The lowest BCUT2D eigenvalue weighted by atomic mass is 9.95. The van der Waals surface area contributed by atoms with Gasteiger partial charge in [0.25, 0.3) is 5.91 Å². The Balaban J connectivity index is 1.97. The maximum absolute atomic E-state index is 12.5. The van der Waals surface area contributed by atoms with E-state index < -0.39 is 6.10 Å². The lowest BCUT2D eigenvalue weighted by molar-refractivity contribution is -0.139. The predicted molar refractivity (Wildman–Crippen MR) is 80.8 cm³/mol. The zero-order chi connectivity index (χ0) is 15.2. The first-order valence-electron chi connectivity index (χ1n) is 7.59. The molecule has 1 amide bonds. The van der Waals surface area contributed by atoms with Crippen molar-refractivity contribution in [3.05, 3.63) is 29.8 Å². The molecule has 0 aliphatic carbocycles. The van der Waals surface area contributed by atoms with Crippen molar-refractivity contribution in [3.63, 3.8) is 0 Å². The molecule has 0 radical (unpaired) electrons. The van der Waals surface area contributed by atoms with E-state index in [-0.39, 0.29) is 5.91 Å². The number of piperidine rings is 1. The first-order chi connectivity index (χ1) is 10.1. The van der Waals surface area contributed by atoms with Gasteiger partial charge in [-0.15, -0.1) is 0 Å². The third-order valence-corrected chi connectivity index (χ3v) is 4.03. The van der Waals surface area contributed by atoms with Crippen molar-refractivity contribution in [3.8, 4) is 11.8 Å². The standard InChI is InChI=1S/C17H22N2O2/c1-3-14-7-5-9-19(12-14)17(20)13(2)21-16-8-4-6-15(10-16)11-18/h4,6,8,10,13-14H,3,5,7,9,12H2,1-2H3. The molecule has 1 aliphatic rings. The van der Waals surface area contributed by atoms with E-state index in [0.29, 0.717) is 17.2 Å². The van der Waals surface area contributed by atoms with Gasteiger partial charge in [-0.1, -0.05) is 19.4 Å². The number of nitrogens with zero attached hydrogens (tertiary/aromatic N) is 2. The maximum atomic E-state index is 12.5. The van der Waals surface area contributed by atoms with Crippen molar-refractivity contribution in [2.75, 3.05) is 13.1 Å². The molecule has 1 aromatic rings. The molecule has 2 atom stereocenters. The monoisotopic (exact) mass is 286 g/mol. The van der Waals surface area contributed by atoms with Crippen LogP contribution in [0.5, 0.6) is 5.75 Å². The maximum Gasteiger partial charge on any atom is 0.263 e. The molecule has 0 aromatic heterocycles. The van der Waals surface area contributed by atoms with E-state index in [1.165, 1.54) is 6.42 Å². The number of likely N-dealkylation sites (tertiary alicyclic amines) is 1. The number of nitriles is 1. The predicted octanol–water partition coefficient (Wildman–Crippen LogP) is 2.97. The second-order valence-corrected chi connectivity index (χ2v) is 5.60. The molecular weight excluding hydrogens is 264 g/mol. The number of ether oxygens (including phenoxy) is 1. The van der Waals surface area contributed by atoms with Crippen molar-refractivity contribution in [2.24, 2.45) is 5.92 Å². The third kappa shape index (κ3) is 3.98. The zero-order valence-electron chi connectivity index (χ0n) is 12.7. The topological polar surface area (TPSA) is 53.3 Å². The Morgan fingerprint density at radius 1 is 1.57 bits per heavy atom. The minimum absolute atomic E-state index is 0.0375. The molecule has 0 saturated carbocycles. The molecule has 1 aromatic carbocycles. The van der Waals surface area contributed by atoms with E-state index in [2.05, 4.69) is 13.0 Å². The summed E-state index contributed by atoms with van der Waals surface area (Å²) < 4.78 is 5.70. The van der Waals surface area contributed by atoms with E-state index in [9.17, 15) is 4.79 Å². The summed E-state index contributed by atoms with van der Waals surface area (Å²) in [6, 6.07) is 8.99. The van der Waals surface area contributed by atoms with Crippen LogP contribution in [0.4, 0.5) is 0 Å². The van der Waals surface area contributed by atoms with Crippen LogP contribution in [0.15, 0.2) is 24.3 Å². The van der Waals surface area contributed by atoms with E-state index in [1.54, 1.807) is 31.2 Å². The van der Waals surface area contributed by atoms with Gasteiger partial charge in [-0.3, -0.25) is 4.79 Å². The van der Waals surface area contributed by atoms with Crippen LogP contribution in [0.2, 0.25) is 0 Å². The van der Waals surface area contributed by atoms with E-state index in [0.717, 1.165) is 25.9 Å². The molecule has 0 bridgehead atoms. The first-order valence-corrected chi connectivity index (χ1v) is 7.59. The number of carbonyl (C=O) groups excluding carboxylic acids is 1. The van der Waals surface area contributed by atoms with Crippen molar-refractivity contribution >= 4 is 5.91 Å². The first kappa shape index (κ1) is 15.4. The average Bonchev–Trinajstić information content (AvgIpc) is 2.54. The van der Waals surface area contributed by atoms with Gasteiger partial charge in [-0.25, -0.2) is 0 Å².